The minimum absolute atomic E-state index is 0.237. The molecule has 0 bridgehead atoms. The Hall–Kier alpha value is -2.63. The second-order valence-electron chi connectivity index (χ2n) is 5.39. The molecule has 3 aliphatic rings. The number of fused-ring (bicyclic) bond motifs is 2. The molecule has 1 saturated carbocycles. The molecular formula is C16H13FN4O. The summed E-state index contributed by atoms with van der Waals surface area (Å²) in [6, 6.07) is 6.29. The van der Waals surface area contributed by atoms with E-state index in [-0.39, 0.29) is 17.5 Å². The molecule has 1 fully saturated rings. The molecule has 0 radical (unpaired) electrons. The van der Waals surface area contributed by atoms with Gasteiger partial charge in [0.15, 0.2) is 0 Å². The van der Waals surface area contributed by atoms with Crippen molar-refractivity contribution in [2.75, 3.05) is 0 Å². The van der Waals surface area contributed by atoms with Gasteiger partial charge in [-0.25, -0.2) is 9.38 Å². The number of halogens is 1. The Labute approximate surface area is 126 Å². The van der Waals surface area contributed by atoms with E-state index in [1.54, 1.807) is 18.2 Å². The van der Waals surface area contributed by atoms with E-state index in [0.29, 0.717) is 5.56 Å². The number of benzene rings is 1. The maximum Gasteiger partial charge on any atom is 0.299 e. The largest absolute Gasteiger partial charge is 0.299 e. The Morgan fingerprint density at radius 2 is 1.86 bits per heavy atom. The van der Waals surface area contributed by atoms with Crippen LogP contribution < -0.4 is 0 Å². The zero-order valence-corrected chi connectivity index (χ0v) is 11.8. The van der Waals surface area contributed by atoms with Gasteiger partial charge in [0.1, 0.15) is 11.5 Å². The molecule has 2 aliphatic heterocycles. The highest BCUT2D eigenvalue weighted by Gasteiger charge is 2.34. The van der Waals surface area contributed by atoms with Gasteiger partial charge in [0.2, 0.25) is 0 Å². The molecule has 0 spiro atoms. The van der Waals surface area contributed by atoms with Crippen LogP contribution in [0, 0.1) is 5.82 Å². The number of guanidine groups is 1. The molecular weight excluding hydrogens is 283 g/mol. The summed E-state index contributed by atoms with van der Waals surface area (Å²) < 4.78 is 13.8. The van der Waals surface area contributed by atoms with Crippen molar-refractivity contribution in [1.82, 2.24) is 5.01 Å². The predicted octanol–water partition coefficient (Wildman–Crippen LogP) is 2.75. The fraction of sp³-hybridized carbons (Fsp3) is 0.250. The lowest BCUT2D eigenvalue weighted by atomic mass is 9.96. The third kappa shape index (κ3) is 2.07. The molecule has 0 aromatic heterocycles. The number of hydrogen-bond donors (Lipinski definition) is 0. The van der Waals surface area contributed by atoms with Crippen LogP contribution in [0.25, 0.3) is 6.08 Å². The van der Waals surface area contributed by atoms with Crippen LogP contribution in [0.4, 0.5) is 4.39 Å². The van der Waals surface area contributed by atoms with E-state index in [4.69, 9.17) is 0 Å². The monoisotopic (exact) mass is 296 g/mol. The quantitative estimate of drug-likeness (QED) is 0.748. The highest BCUT2D eigenvalue weighted by Crippen LogP contribution is 2.27. The van der Waals surface area contributed by atoms with Crippen LogP contribution >= 0.6 is 0 Å². The fourth-order valence-corrected chi connectivity index (χ4v) is 2.77. The average Bonchev–Trinajstić information content (AvgIpc) is 2.82. The molecule has 0 saturated heterocycles. The molecule has 0 unspecified atom stereocenters. The summed E-state index contributed by atoms with van der Waals surface area (Å²) in [5.41, 5.74) is 2.39. The number of carbonyl (C=O) groups excluding carboxylic acids is 1. The fourth-order valence-electron chi connectivity index (χ4n) is 2.77. The van der Waals surface area contributed by atoms with Crippen LogP contribution in [0.5, 0.6) is 0 Å². The van der Waals surface area contributed by atoms with E-state index in [1.165, 1.54) is 17.2 Å². The molecule has 1 amide bonds. The second kappa shape index (κ2) is 4.98. The van der Waals surface area contributed by atoms with Gasteiger partial charge in [-0.15, -0.1) is 0 Å². The molecule has 22 heavy (non-hydrogen) atoms. The van der Waals surface area contributed by atoms with Crippen molar-refractivity contribution in [3.8, 4) is 0 Å². The van der Waals surface area contributed by atoms with Crippen LogP contribution in [-0.2, 0) is 4.79 Å². The molecule has 0 atom stereocenters. The van der Waals surface area contributed by atoms with Gasteiger partial charge in [-0.1, -0.05) is 18.2 Å². The first-order valence-electron chi connectivity index (χ1n) is 7.27. The number of amides is 1. The zero-order valence-electron chi connectivity index (χ0n) is 11.8. The van der Waals surface area contributed by atoms with Crippen molar-refractivity contribution >= 4 is 29.4 Å². The first kappa shape index (κ1) is 13.1. The lowest BCUT2D eigenvalue weighted by molar-refractivity contribution is -0.114. The molecule has 1 aromatic rings. The Bertz CT molecular complexity index is 791. The average molecular weight is 296 g/mol. The molecule has 5 nitrogen and oxygen atoms in total. The minimum Gasteiger partial charge on any atom is -0.265 e. The van der Waals surface area contributed by atoms with E-state index in [1.807, 2.05) is 0 Å². The number of hydrazone groups is 1. The summed E-state index contributed by atoms with van der Waals surface area (Å²) in [4.78, 5) is 20.5. The number of hydrogen-bond acceptors (Lipinski definition) is 4. The lowest BCUT2D eigenvalue weighted by Crippen LogP contribution is -2.33. The standard InChI is InChI=1S/C16H13FN4O/c17-11-6-2-1-5-10(11)9-14-15(22)19-16-18-12-7-3-4-8-13(12)20-21(14)16/h1-2,5-6,9H,3-4,7-8H2. The van der Waals surface area contributed by atoms with Crippen LogP contribution in [0.2, 0.25) is 0 Å². The number of rotatable bonds is 1. The van der Waals surface area contributed by atoms with Gasteiger partial charge in [0.05, 0.1) is 11.4 Å². The number of nitrogens with zero attached hydrogens (tertiary/aromatic N) is 4. The first-order chi connectivity index (χ1) is 10.7. The van der Waals surface area contributed by atoms with Crippen molar-refractivity contribution in [3.63, 3.8) is 0 Å². The SMILES string of the molecule is O=C1N=C2N=C3CCCCC3=NN2C1=Cc1ccccc1F. The molecule has 1 aliphatic carbocycles. The molecule has 1 aromatic carbocycles. The Morgan fingerprint density at radius 3 is 2.68 bits per heavy atom. The summed E-state index contributed by atoms with van der Waals surface area (Å²) >= 11 is 0. The highest BCUT2D eigenvalue weighted by atomic mass is 19.1. The summed E-state index contributed by atoms with van der Waals surface area (Å²) in [6.45, 7) is 0. The topological polar surface area (TPSA) is 57.4 Å². The lowest BCUT2D eigenvalue weighted by Gasteiger charge is -2.24. The maximum atomic E-state index is 13.8. The zero-order chi connectivity index (χ0) is 15.1. The van der Waals surface area contributed by atoms with Gasteiger partial charge < -0.3 is 0 Å². The van der Waals surface area contributed by atoms with Crippen molar-refractivity contribution < 1.29 is 9.18 Å². The van der Waals surface area contributed by atoms with E-state index < -0.39 is 5.91 Å². The number of carbonyl (C=O) groups is 1. The van der Waals surface area contributed by atoms with Gasteiger partial charge in [0.25, 0.3) is 11.9 Å². The second-order valence-corrected chi connectivity index (χ2v) is 5.39. The van der Waals surface area contributed by atoms with Gasteiger partial charge in [-0.2, -0.15) is 15.1 Å². The maximum absolute atomic E-state index is 13.8. The third-order valence-electron chi connectivity index (χ3n) is 3.90. The first-order valence-corrected chi connectivity index (χ1v) is 7.27. The van der Waals surface area contributed by atoms with Gasteiger partial charge in [-0.3, -0.25) is 4.79 Å². The Kier molecular flexibility index (Phi) is 2.96. The third-order valence-corrected chi connectivity index (χ3v) is 3.90. The van der Waals surface area contributed by atoms with Crippen molar-refractivity contribution in [2.24, 2.45) is 15.1 Å². The summed E-state index contributed by atoms with van der Waals surface area (Å²) in [6.07, 6.45) is 5.34. The van der Waals surface area contributed by atoms with Gasteiger partial charge in [-0.05, 0) is 37.8 Å². The van der Waals surface area contributed by atoms with E-state index in [0.717, 1.165) is 37.1 Å². The number of aliphatic imine (C=N–C) groups is 2. The summed E-state index contributed by atoms with van der Waals surface area (Å²) in [5.74, 6) is -0.540. The van der Waals surface area contributed by atoms with Gasteiger partial charge >= 0.3 is 0 Å². The molecule has 110 valence electrons. The van der Waals surface area contributed by atoms with Crippen LogP contribution in [0.3, 0.4) is 0 Å². The van der Waals surface area contributed by atoms with E-state index in [2.05, 4.69) is 15.1 Å². The molecule has 4 rings (SSSR count). The Morgan fingerprint density at radius 1 is 1.09 bits per heavy atom. The van der Waals surface area contributed by atoms with Crippen LogP contribution in [0.15, 0.2) is 45.0 Å². The normalized spacial score (nSPS) is 22.0. The highest BCUT2D eigenvalue weighted by molar-refractivity contribution is 6.45. The minimum atomic E-state index is -0.439. The predicted molar refractivity (Wildman–Crippen MR) is 82.0 cm³/mol. The summed E-state index contributed by atoms with van der Waals surface area (Å²) in [5, 5.41) is 5.93. The van der Waals surface area contributed by atoms with Crippen molar-refractivity contribution in [2.45, 2.75) is 25.7 Å². The molecule has 0 N–H and O–H groups in total. The van der Waals surface area contributed by atoms with Crippen LogP contribution in [-0.4, -0.2) is 28.3 Å². The van der Waals surface area contributed by atoms with E-state index >= 15 is 0 Å². The van der Waals surface area contributed by atoms with Crippen LogP contribution in [0.1, 0.15) is 31.2 Å². The van der Waals surface area contributed by atoms with Crippen molar-refractivity contribution in [3.05, 3.63) is 41.3 Å². The van der Waals surface area contributed by atoms with Gasteiger partial charge in [0, 0.05) is 5.56 Å². The molecule has 2 heterocycles. The smallest absolute Gasteiger partial charge is 0.265 e. The van der Waals surface area contributed by atoms with Crippen molar-refractivity contribution in [1.29, 1.82) is 0 Å². The van der Waals surface area contributed by atoms with E-state index in [9.17, 15) is 9.18 Å². The summed E-state index contributed by atoms with van der Waals surface area (Å²) in [7, 11) is 0. The molecule has 6 heteroatoms. The Balaban J connectivity index is 1.75.